The van der Waals surface area contributed by atoms with Gasteiger partial charge in [-0.15, -0.1) is 0 Å². The standard InChI is InChI=1S/C17H25NO2/c1-6-13-9-7-8-10-14(13)17(11-12-18(17)5)15(19)20-16(2,3)4/h7-10H,6,11-12H2,1-5H3/t17-/m1/s1. The van der Waals surface area contributed by atoms with E-state index in [1.54, 1.807) is 0 Å². The number of likely N-dealkylation sites (tertiary alicyclic amines) is 1. The maximum Gasteiger partial charge on any atom is 0.331 e. The minimum atomic E-state index is -0.597. The fourth-order valence-electron chi connectivity index (χ4n) is 2.86. The summed E-state index contributed by atoms with van der Waals surface area (Å²) >= 11 is 0. The van der Waals surface area contributed by atoms with E-state index in [0.717, 1.165) is 24.9 Å². The maximum atomic E-state index is 12.8. The maximum absolute atomic E-state index is 12.8. The van der Waals surface area contributed by atoms with E-state index in [1.165, 1.54) is 5.56 Å². The number of aryl methyl sites for hydroxylation is 1. The molecule has 0 bridgehead atoms. The van der Waals surface area contributed by atoms with Gasteiger partial charge in [0.25, 0.3) is 0 Å². The molecule has 3 nitrogen and oxygen atoms in total. The van der Waals surface area contributed by atoms with E-state index in [-0.39, 0.29) is 5.97 Å². The minimum Gasteiger partial charge on any atom is -0.458 e. The molecule has 0 spiro atoms. The zero-order valence-electron chi connectivity index (χ0n) is 13.2. The van der Waals surface area contributed by atoms with Crippen LogP contribution in [0.4, 0.5) is 0 Å². The Bertz CT molecular complexity index is 504. The second-order valence-corrected chi connectivity index (χ2v) is 6.54. The van der Waals surface area contributed by atoms with E-state index in [1.807, 2.05) is 40.0 Å². The van der Waals surface area contributed by atoms with Crippen LogP contribution in [-0.4, -0.2) is 30.1 Å². The lowest BCUT2D eigenvalue weighted by atomic mass is 9.76. The molecule has 1 aliphatic rings. The van der Waals surface area contributed by atoms with Gasteiger partial charge in [-0.2, -0.15) is 0 Å². The van der Waals surface area contributed by atoms with Crippen molar-refractivity contribution in [3.8, 4) is 0 Å². The molecule has 0 unspecified atom stereocenters. The van der Waals surface area contributed by atoms with E-state index in [9.17, 15) is 4.79 Å². The molecule has 0 saturated carbocycles. The number of carbonyl (C=O) groups is 1. The Kier molecular flexibility index (Phi) is 3.92. The fraction of sp³-hybridized carbons (Fsp3) is 0.588. The third-order valence-corrected chi connectivity index (χ3v) is 4.04. The quantitative estimate of drug-likeness (QED) is 0.794. The number of nitrogens with zero attached hydrogens (tertiary/aromatic N) is 1. The average Bonchev–Trinajstić information content (AvgIpc) is 2.36. The van der Waals surface area contributed by atoms with Crippen LogP contribution in [0, 0.1) is 0 Å². The predicted molar refractivity (Wildman–Crippen MR) is 80.6 cm³/mol. The summed E-state index contributed by atoms with van der Waals surface area (Å²) in [6.45, 7) is 8.81. The molecule has 0 amide bonds. The highest BCUT2D eigenvalue weighted by Crippen LogP contribution is 2.42. The predicted octanol–water partition coefficient (Wildman–Crippen LogP) is 3.12. The highest BCUT2D eigenvalue weighted by Gasteiger charge is 2.53. The number of hydrogen-bond acceptors (Lipinski definition) is 3. The molecular formula is C17H25NO2. The Hall–Kier alpha value is -1.35. The molecule has 0 N–H and O–H groups in total. The molecule has 1 aromatic carbocycles. The first-order valence-electron chi connectivity index (χ1n) is 7.34. The minimum absolute atomic E-state index is 0.125. The van der Waals surface area contributed by atoms with Crippen LogP contribution in [0.3, 0.4) is 0 Å². The summed E-state index contributed by atoms with van der Waals surface area (Å²) in [6.07, 6.45) is 1.75. The van der Waals surface area contributed by atoms with Gasteiger partial charge in [0.2, 0.25) is 0 Å². The molecule has 0 radical (unpaired) electrons. The first-order valence-corrected chi connectivity index (χ1v) is 7.34. The highest BCUT2D eigenvalue weighted by molar-refractivity contribution is 5.84. The molecule has 1 atom stereocenters. The summed E-state index contributed by atoms with van der Waals surface area (Å²) < 4.78 is 5.69. The van der Waals surface area contributed by atoms with Crippen LogP contribution < -0.4 is 0 Å². The fourth-order valence-corrected chi connectivity index (χ4v) is 2.86. The number of esters is 1. The van der Waals surface area contributed by atoms with Crippen molar-refractivity contribution in [3.05, 3.63) is 35.4 Å². The van der Waals surface area contributed by atoms with Crippen molar-refractivity contribution in [1.82, 2.24) is 4.90 Å². The van der Waals surface area contributed by atoms with Gasteiger partial charge in [-0.1, -0.05) is 31.2 Å². The summed E-state index contributed by atoms with van der Waals surface area (Å²) in [5.41, 5.74) is 1.28. The molecule has 1 fully saturated rings. The zero-order chi connectivity index (χ0) is 15.0. The Morgan fingerprint density at radius 2 is 2.00 bits per heavy atom. The van der Waals surface area contributed by atoms with Gasteiger partial charge in [-0.25, -0.2) is 4.79 Å². The third-order valence-electron chi connectivity index (χ3n) is 4.04. The molecule has 3 heteroatoms. The molecule has 0 aliphatic carbocycles. The highest BCUT2D eigenvalue weighted by atomic mass is 16.6. The Morgan fingerprint density at radius 1 is 1.35 bits per heavy atom. The normalized spacial score (nSPS) is 23.2. The van der Waals surface area contributed by atoms with Gasteiger partial charge in [0.15, 0.2) is 0 Å². The van der Waals surface area contributed by atoms with Crippen molar-refractivity contribution in [2.75, 3.05) is 13.6 Å². The largest absolute Gasteiger partial charge is 0.458 e. The van der Waals surface area contributed by atoms with Crippen LogP contribution in [0.15, 0.2) is 24.3 Å². The van der Waals surface area contributed by atoms with E-state index >= 15 is 0 Å². The third kappa shape index (κ3) is 2.47. The number of benzene rings is 1. The summed E-state index contributed by atoms with van der Waals surface area (Å²) in [6, 6.07) is 8.21. The lowest BCUT2D eigenvalue weighted by molar-refractivity contribution is -0.179. The first-order chi connectivity index (χ1) is 9.31. The molecule has 1 aromatic rings. The van der Waals surface area contributed by atoms with Gasteiger partial charge in [-0.05, 0) is 51.8 Å². The van der Waals surface area contributed by atoms with Crippen molar-refractivity contribution < 1.29 is 9.53 Å². The Morgan fingerprint density at radius 3 is 2.45 bits per heavy atom. The van der Waals surface area contributed by atoms with Crippen molar-refractivity contribution >= 4 is 5.97 Å². The number of ether oxygens (including phenoxy) is 1. The lowest BCUT2D eigenvalue weighted by Gasteiger charge is -2.50. The first kappa shape index (κ1) is 15.0. The van der Waals surface area contributed by atoms with Crippen LogP contribution in [0.2, 0.25) is 0 Å². The average molecular weight is 275 g/mol. The lowest BCUT2D eigenvalue weighted by Crippen LogP contribution is -2.61. The Labute approximate surface area is 121 Å². The van der Waals surface area contributed by atoms with Crippen LogP contribution in [0.25, 0.3) is 0 Å². The van der Waals surface area contributed by atoms with E-state index in [4.69, 9.17) is 4.74 Å². The van der Waals surface area contributed by atoms with Gasteiger partial charge in [0.05, 0.1) is 0 Å². The van der Waals surface area contributed by atoms with E-state index in [2.05, 4.69) is 24.0 Å². The molecule has 1 saturated heterocycles. The monoisotopic (exact) mass is 275 g/mol. The molecular weight excluding hydrogens is 250 g/mol. The van der Waals surface area contributed by atoms with Gasteiger partial charge >= 0.3 is 5.97 Å². The second-order valence-electron chi connectivity index (χ2n) is 6.54. The van der Waals surface area contributed by atoms with Gasteiger partial charge in [-0.3, -0.25) is 4.90 Å². The van der Waals surface area contributed by atoms with Crippen molar-refractivity contribution in [3.63, 3.8) is 0 Å². The molecule has 1 heterocycles. The molecule has 1 aliphatic heterocycles. The number of likely N-dealkylation sites (N-methyl/N-ethyl adjacent to an activating group) is 1. The van der Waals surface area contributed by atoms with Crippen LogP contribution in [0.1, 0.15) is 45.2 Å². The molecule has 20 heavy (non-hydrogen) atoms. The summed E-state index contributed by atoms with van der Waals surface area (Å²) in [4.78, 5) is 14.9. The van der Waals surface area contributed by atoms with Crippen LogP contribution in [0.5, 0.6) is 0 Å². The number of rotatable bonds is 3. The van der Waals surface area contributed by atoms with E-state index in [0.29, 0.717) is 0 Å². The molecule has 2 rings (SSSR count). The topological polar surface area (TPSA) is 29.5 Å². The number of carbonyl (C=O) groups excluding carboxylic acids is 1. The SMILES string of the molecule is CCc1ccccc1[C@@]1(C(=O)OC(C)(C)C)CCN1C. The molecule has 0 aromatic heterocycles. The summed E-state index contributed by atoms with van der Waals surface area (Å²) in [5, 5.41) is 0. The van der Waals surface area contributed by atoms with Crippen LogP contribution in [-0.2, 0) is 21.5 Å². The zero-order valence-corrected chi connectivity index (χ0v) is 13.2. The van der Waals surface area contributed by atoms with Gasteiger partial charge < -0.3 is 4.74 Å². The summed E-state index contributed by atoms with van der Waals surface area (Å²) in [7, 11) is 2.00. The Balaban J connectivity index is 2.43. The summed E-state index contributed by atoms with van der Waals surface area (Å²) in [5.74, 6) is -0.125. The number of hydrogen-bond donors (Lipinski definition) is 0. The van der Waals surface area contributed by atoms with Gasteiger partial charge in [0, 0.05) is 6.54 Å². The molecule has 110 valence electrons. The van der Waals surface area contributed by atoms with Crippen molar-refractivity contribution in [2.24, 2.45) is 0 Å². The van der Waals surface area contributed by atoms with Crippen LogP contribution >= 0.6 is 0 Å². The van der Waals surface area contributed by atoms with Crippen molar-refractivity contribution in [2.45, 2.75) is 51.7 Å². The van der Waals surface area contributed by atoms with Crippen molar-refractivity contribution in [1.29, 1.82) is 0 Å². The van der Waals surface area contributed by atoms with Gasteiger partial charge in [0.1, 0.15) is 11.1 Å². The second kappa shape index (κ2) is 5.21. The smallest absolute Gasteiger partial charge is 0.331 e. The van der Waals surface area contributed by atoms with E-state index < -0.39 is 11.1 Å².